The number of halogens is 1. The Kier molecular flexibility index (Phi) is 4.93. The maximum atomic E-state index is 11.8. The van der Waals surface area contributed by atoms with Gasteiger partial charge in [-0.15, -0.1) is 0 Å². The number of nitrogens with zero attached hydrogens (tertiary/aromatic N) is 2. The molecule has 3 aromatic rings. The fourth-order valence-electron chi connectivity index (χ4n) is 2.21. The van der Waals surface area contributed by atoms with Crippen LogP contribution >= 0.6 is 11.6 Å². The number of rotatable bonds is 4. The normalized spacial score (nSPS) is 10.7. The van der Waals surface area contributed by atoms with Crippen LogP contribution in [0.2, 0.25) is 5.02 Å². The average Bonchev–Trinajstić information content (AvgIpc) is 3.04. The number of carbonyl (C=O) groups excluding carboxylic acids is 1. The summed E-state index contributed by atoms with van der Waals surface area (Å²) < 4.78 is 1.97. The van der Waals surface area contributed by atoms with Gasteiger partial charge in [-0.25, -0.2) is 10.2 Å². The van der Waals surface area contributed by atoms with Crippen molar-refractivity contribution >= 4 is 29.5 Å². The summed E-state index contributed by atoms with van der Waals surface area (Å²) in [5.41, 5.74) is 4.90. The molecule has 0 radical (unpaired) electrons. The highest BCUT2D eigenvalue weighted by atomic mass is 35.5. The summed E-state index contributed by atoms with van der Waals surface area (Å²) in [6.07, 6.45) is 3.52. The van der Waals surface area contributed by atoms with Gasteiger partial charge in [0, 0.05) is 22.6 Å². The third kappa shape index (κ3) is 4.02. The number of aromatic nitrogens is 1. The van der Waals surface area contributed by atoms with Gasteiger partial charge in [-0.05, 0) is 42.5 Å². The second kappa shape index (κ2) is 7.48. The van der Waals surface area contributed by atoms with Crippen molar-refractivity contribution in [3.8, 4) is 5.69 Å². The Labute approximate surface area is 144 Å². The van der Waals surface area contributed by atoms with Crippen molar-refractivity contribution in [2.24, 2.45) is 5.10 Å². The lowest BCUT2D eigenvalue weighted by molar-refractivity contribution is 0.252. The van der Waals surface area contributed by atoms with E-state index >= 15 is 0 Å². The Balaban J connectivity index is 1.63. The Morgan fingerprint density at radius 2 is 1.88 bits per heavy atom. The van der Waals surface area contributed by atoms with E-state index in [-0.39, 0.29) is 0 Å². The molecule has 0 aliphatic rings. The minimum Gasteiger partial charge on any atom is -0.316 e. The SMILES string of the molecule is O=C(N/N=C/c1cccn1-c1ccccc1)Nc1cccc(Cl)c1. The van der Waals surface area contributed by atoms with Crippen molar-refractivity contribution in [2.45, 2.75) is 0 Å². The predicted octanol–water partition coefficient (Wildman–Crippen LogP) is 4.29. The number of hydrogen-bond acceptors (Lipinski definition) is 2. The molecule has 1 heterocycles. The predicted molar refractivity (Wildman–Crippen MR) is 97.0 cm³/mol. The summed E-state index contributed by atoms with van der Waals surface area (Å²) in [6, 6.07) is 20.2. The first-order chi connectivity index (χ1) is 11.7. The molecule has 24 heavy (non-hydrogen) atoms. The van der Waals surface area contributed by atoms with Gasteiger partial charge in [0.05, 0.1) is 11.9 Å². The van der Waals surface area contributed by atoms with Gasteiger partial charge in [0.2, 0.25) is 0 Å². The lowest BCUT2D eigenvalue weighted by atomic mass is 10.3. The lowest BCUT2D eigenvalue weighted by Gasteiger charge is -2.06. The van der Waals surface area contributed by atoms with Crippen molar-refractivity contribution < 1.29 is 4.79 Å². The van der Waals surface area contributed by atoms with Gasteiger partial charge in [-0.2, -0.15) is 5.10 Å². The highest BCUT2D eigenvalue weighted by molar-refractivity contribution is 6.30. The number of para-hydroxylation sites is 1. The summed E-state index contributed by atoms with van der Waals surface area (Å²) in [6.45, 7) is 0. The second-order valence-electron chi connectivity index (χ2n) is 4.97. The van der Waals surface area contributed by atoms with Gasteiger partial charge in [0.1, 0.15) is 0 Å². The molecule has 6 heteroatoms. The average molecular weight is 339 g/mol. The maximum absolute atomic E-state index is 11.8. The van der Waals surface area contributed by atoms with Crippen LogP contribution in [0.1, 0.15) is 5.69 Å². The van der Waals surface area contributed by atoms with E-state index in [4.69, 9.17) is 11.6 Å². The molecule has 0 aliphatic carbocycles. The van der Waals surface area contributed by atoms with E-state index in [9.17, 15) is 4.79 Å². The number of nitrogens with one attached hydrogen (secondary N) is 2. The van der Waals surface area contributed by atoms with Gasteiger partial charge in [-0.1, -0.05) is 35.9 Å². The Hall–Kier alpha value is -3.05. The van der Waals surface area contributed by atoms with Gasteiger partial charge >= 0.3 is 6.03 Å². The van der Waals surface area contributed by atoms with E-state index in [1.54, 1.807) is 30.5 Å². The summed E-state index contributed by atoms with van der Waals surface area (Å²) in [7, 11) is 0. The van der Waals surface area contributed by atoms with Crippen LogP contribution in [0.15, 0.2) is 78.0 Å². The molecule has 3 rings (SSSR count). The summed E-state index contributed by atoms with van der Waals surface area (Å²) in [4.78, 5) is 11.8. The van der Waals surface area contributed by atoms with E-state index in [0.717, 1.165) is 11.4 Å². The summed E-state index contributed by atoms with van der Waals surface area (Å²) >= 11 is 5.87. The van der Waals surface area contributed by atoms with Gasteiger partial charge < -0.3 is 9.88 Å². The third-order valence-electron chi connectivity index (χ3n) is 3.26. The molecule has 0 aliphatic heterocycles. The third-order valence-corrected chi connectivity index (χ3v) is 3.50. The monoisotopic (exact) mass is 338 g/mol. The van der Waals surface area contributed by atoms with Crippen molar-refractivity contribution in [3.05, 3.63) is 83.6 Å². The van der Waals surface area contributed by atoms with Gasteiger partial charge in [0.15, 0.2) is 0 Å². The highest BCUT2D eigenvalue weighted by Crippen LogP contribution is 2.14. The van der Waals surface area contributed by atoms with Crippen molar-refractivity contribution in [1.29, 1.82) is 0 Å². The molecule has 2 N–H and O–H groups in total. The molecule has 5 nitrogen and oxygen atoms in total. The van der Waals surface area contributed by atoms with Gasteiger partial charge in [-0.3, -0.25) is 0 Å². The number of urea groups is 1. The van der Waals surface area contributed by atoms with Crippen LogP contribution in [0.4, 0.5) is 10.5 Å². The highest BCUT2D eigenvalue weighted by Gasteiger charge is 2.02. The number of anilines is 1. The van der Waals surface area contributed by atoms with Crippen molar-refractivity contribution in [1.82, 2.24) is 9.99 Å². The first kappa shape index (κ1) is 15.8. The molecular weight excluding hydrogens is 324 g/mol. The molecule has 120 valence electrons. The smallest absolute Gasteiger partial charge is 0.316 e. The number of benzene rings is 2. The first-order valence-electron chi connectivity index (χ1n) is 7.31. The van der Waals surface area contributed by atoms with E-state index < -0.39 is 6.03 Å². The molecule has 1 aromatic heterocycles. The second-order valence-corrected chi connectivity index (χ2v) is 5.41. The Morgan fingerprint density at radius 1 is 1.04 bits per heavy atom. The minimum atomic E-state index is -0.439. The van der Waals surface area contributed by atoms with Crippen LogP contribution < -0.4 is 10.7 Å². The molecule has 0 spiro atoms. The Morgan fingerprint density at radius 3 is 2.67 bits per heavy atom. The minimum absolute atomic E-state index is 0.439. The fraction of sp³-hybridized carbons (Fsp3) is 0. The van der Waals surface area contributed by atoms with Crippen LogP contribution in [-0.2, 0) is 0 Å². The number of amides is 2. The van der Waals surface area contributed by atoms with Crippen LogP contribution in [-0.4, -0.2) is 16.8 Å². The molecule has 2 aromatic carbocycles. The number of hydrazone groups is 1. The fourth-order valence-corrected chi connectivity index (χ4v) is 2.40. The van der Waals surface area contributed by atoms with E-state index in [0.29, 0.717) is 10.7 Å². The van der Waals surface area contributed by atoms with Crippen LogP contribution in [0, 0.1) is 0 Å². The molecule has 0 fully saturated rings. The standard InChI is InChI=1S/C18H15ClN4O/c19-14-6-4-7-15(12-14)21-18(24)22-20-13-17-10-5-11-23(17)16-8-2-1-3-9-16/h1-13H,(H2,21,22,24)/b20-13+. The number of hydrogen-bond donors (Lipinski definition) is 2. The van der Waals surface area contributed by atoms with E-state index in [1.807, 2.05) is 53.2 Å². The molecule has 0 bridgehead atoms. The van der Waals surface area contributed by atoms with Gasteiger partial charge in [0.25, 0.3) is 0 Å². The van der Waals surface area contributed by atoms with E-state index in [2.05, 4.69) is 15.8 Å². The molecule has 0 unspecified atom stereocenters. The molecule has 0 atom stereocenters. The maximum Gasteiger partial charge on any atom is 0.339 e. The molecular formula is C18H15ClN4O. The summed E-state index contributed by atoms with van der Waals surface area (Å²) in [5, 5.41) is 7.18. The lowest BCUT2D eigenvalue weighted by Crippen LogP contribution is -2.24. The molecule has 0 saturated heterocycles. The van der Waals surface area contributed by atoms with E-state index in [1.165, 1.54) is 0 Å². The van der Waals surface area contributed by atoms with Crippen LogP contribution in [0.5, 0.6) is 0 Å². The molecule has 2 amide bonds. The zero-order valence-electron chi connectivity index (χ0n) is 12.7. The quantitative estimate of drug-likeness (QED) is 0.541. The first-order valence-corrected chi connectivity index (χ1v) is 7.68. The van der Waals surface area contributed by atoms with Crippen LogP contribution in [0.25, 0.3) is 5.69 Å². The largest absolute Gasteiger partial charge is 0.339 e. The van der Waals surface area contributed by atoms with Crippen molar-refractivity contribution in [2.75, 3.05) is 5.32 Å². The van der Waals surface area contributed by atoms with Crippen molar-refractivity contribution in [3.63, 3.8) is 0 Å². The zero-order chi connectivity index (χ0) is 16.8. The zero-order valence-corrected chi connectivity index (χ0v) is 13.4. The van der Waals surface area contributed by atoms with Crippen LogP contribution in [0.3, 0.4) is 0 Å². The summed E-state index contributed by atoms with van der Waals surface area (Å²) in [5.74, 6) is 0. The Bertz CT molecular complexity index is 858. The molecule has 0 saturated carbocycles. The topological polar surface area (TPSA) is 58.4 Å². The number of carbonyl (C=O) groups is 1.